The summed E-state index contributed by atoms with van der Waals surface area (Å²) in [7, 11) is 0. The van der Waals surface area contributed by atoms with Crippen LogP contribution in [0.3, 0.4) is 0 Å². The number of likely N-dealkylation sites (tertiary alicyclic amines) is 1. The number of fused-ring (bicyclic) bond motifs is 2. The second kappa shape index (κ2) is 8.12. The summed E-state index contributed by atoms with van der Waals surface area (Å²) < 4.78 is 5.45. The highest BCUT2D eigenvalue weighted by atomic mass is 16.3. The zero-order valence-corrected chi connectivity index (χ0v) is 17.6. The van der Waals surface area contributed by atoms with Gasteiger partial charge in [-0.25, -0.2) is 0 Å². The number of rotatable bonds is 5. The average molecular weight is 412 g/mol. The normalized spacial score (nSPS) is 16.9. The number of carbonyl (C=O) groups is 1. The van der Waals surface area contributed by atoms with Crippen molar-refractivity contribution < 1.29 is 9.21 Å². The summed E-state index contributed by atoms with van der Waals surface area (Å²) in [6.45, 7) is 4.93. The Hall–Kier alpha value is -3.24. The van der Waals surface area contributed by atoms with Crippen LogP contribution in [0.1, 0.15) is 40.2 Å². The standard InChI is InChI=1S/C27H25NO3/c1-18-2-4-19(5-3-18)22-8-11-28(17-22)12-9-25(29)21-7-6-20-16-27-24(15-23(20)14-21)26(30)10-13-31-27/h2-7,10,13-16,22H,8-9,11-12,17H2,1H3. The fourth-order valence-electron chi connectivity index (χ4n) is 4.55. The van der Waals surface area contributed by atoms with Crippen molar-refractivity contribution >= 4 is 27.5 Å². The summed E-state index contributed by atoms with van der Waals surface area (Å²) in [4.78, 5) is 27.4. The third-order valence-corrected chi connectivity index (χ3v) is 6.42. The Morgan fingerprint density at radius 2 is 1.87 bits per heavy atom. The van der Waals surface area contributed by atoms with Crippen molar-refractivity contribution in [3.63, 3.8) is 0 Å². The maximum atomic E-state index is 12.9. The molecule has 31 heavy (non-hydrogen) atoms. The number of hydrogen-bond acceptors (Lipinski definition) is 4. The molecule has 0 N–H and O–H groups in total. The third-order valence-electron chi connectivity index (χ3n) is 6.42. The molecule has 0 aliphatic carbocycles. The Morgan fingerprint density at radius 3 is 2.71 bits per heavy atom. The summed E-state index contributed by atoms with van der Waals surface area (Å²) in [6.07, 6.45) is 3.06. The smallest absolute Gasteiger partial charge is 0.192 e. The lowest BCUT2D eigenvalue weighted by Gasteiger charge is -2.16. The maximum Gasteiger partial charge on any atom is 0.192 e. The summed E-state index contributed by atoms with van der Waals surface area (Å²) in [5, 5.41) is 2.38. The van der Waals surface area contributed by atoms with Crippen LogP contribution in [0, 0.1) is 6.92 Å². The molecule has 156 valence electrons. The van der Waals surface area contributed by atoms with Crippen molar-refractivity contribution in [1.82, 2.24) is 4.90 Å². The van der Waals surface area contributed by atoms with Gasteiger partial charge < -0.3 is 9.32 Å². The molecule has 1 atom stereocenters. The second-order valence-corrected chi connectivity index (χ2v) is 8.57. The van der Waals surface area contributed by atoms with E-state index in [2.05, 4.69) is 36.1 Å². The van der Waals surface area contributed by atoms with Crippen LogP contribution in [0.4, 0.5) is 0 Å². The first-order valence-electron chi connectivity index (χ1n) is 10.8. The molecule has 1 aliphatic rings. The van der Waals surface area contributed by atoms with Crippen LogP contribution in [0.15, 0.2) is 76.1 Å². The number of nitrogens with zero attached hydrogens (tertiary/aromatic N) is 1. The van der Waals surface area contributed by atoms with Gasteiger partial charge in [0.1, 0.15) is 5.58 Å². The summed E-state index contributed by atoms with van der Waals surface area (Å²) >= 11 is 0. The van der Waals surface area contributed by atoms with Crippen LogP contribution in [0.25, 0.3) is 21.7 Å². The zero-order valence-electron chi connectivity index (χ0n) is 17.6. The van der Waals surface area contributed by atoms with Crippen LogP contribution >= 0.6 is 0 Å². The Morgan fingerprint density at radius 1 is 1.03 bits per heavy atom. The molecule has 0 bridgehead atoms. The molecule has 1 unspecified atom stereocenters. The molecule has 1 aliphatic heterocycles. The van der Waals surface area contributed by atoms with Crippen LogP contribution in [0.2, 0.25) is 0 Å². The lowest BCUT2D eigenvalue weighted by molar-refractivity contribution is 0.0969. The van der Waals surface area contributed by atoms with Gasteiger partial charge in [-0.1, -0.05) is 42.0 Å². The van der Waals surface area contributed by atoms with Crippen molar-refractivity contribution in [3.05, 3.63) is 93.8 Å². The largest absolute Gasteiger partial charge is 0.464 e. The quantitative estimate of drug-likeness (QED) is 0.330. The number of carbonyl (C=O) groups excluding carboxylic acids is 1. The van der Waals surface area contributed by atoms with Gasteiger partial charge in [0.2, 0.25) is 0 Å². The zero-order chi connectivity index (χ0) is 21.4. The third kappa shape index (κ3) is 4.04. The van der Waals surface area contributed by atoms with Crippen molar-refractivity contribution in [2.75, 3.05) is 19.6 Å². The molecular formula is C27H25NO3. The SMILES string of the molecule is Cc1ccc(C2CCN(CCC(=O)c3ccc4cc5occc(=O)c5cc4c3)C2)cc1. The molecule has 3 aromatic carbocycles. The number of hydrogen-bond donors (Lipinski definition) is 0. The minimum atomic E-state index is -0.0722. The van der Waals surface area contributed by atoms with Crippen molar-refractivity contribution in [1.29, 1.82) is 0 Å². The molecule has 4 nitrogen and oxygen atoms in total. The Balaban J connectivity index is 1.27. The van der Waals surface area contributed by atoms with Crippen LogP contribution in [-0.2, 0) is 0 Å². The summed E-state index contributed by atoms with van der Waals surface area (Å²) in [5.74, 6) is 0.692. The summed E-state index contributed by atoms with van der Waals surface area (Å²) in [5.41, 5.74) is 3.87. The predicted molar refractivity (Wildman–Crippen MR) is 124 cm³/mol. The highest BCUT2D eigenvalue weighted by Crippen LogP contribution is 2.28. The molecule has 5 rings (SSSR count). The molecule has 2 heterocycles. The van der Waals surface area contributed by atoms with E-state index < -0.39 is 0 Å². The molecule has 1 fully saturated rings. The number of Topliss-reactive ketones (excluding diaryl/α,β-unsaturated/α-hetero) is 1. The number of aryl methyl sites for hydroxylation is 1. The van der Waals surface area contributed by atoms with Crippen molar-refractivity contribution in [2.24, 2.45) is 0 Å². The van der Waals surface area contributed by atoms with Crippen molar-refractivity contribution in [2.45, 2.75) is 25.7 Å². The fraction of sp³-hybridized carbons (Fsp3) is 0.259. The van der Waals surface area contributed by atoms with Crippen molar-refractivity contribution in [3.8, 4) is 0 Å². The average Bonchev–Trinajstić information content (AvgIpc) is 3.26. The van der Waals surface area contributed by atoms with E-state index in [1.165, 1.54) is 23.5 Å². The lowest BCUT2D eigenvalue weighted by atomic mass is 9.97. The molecule has 0 amide bonds. The topological polar surface area (TPSA) is 50.5 Å². The second-order valence-electron chi connectivity index (χ2n) is 8.57. The van der Waals surface area contributed by atoms with Gasteiger partial charge in [-0.2, -0.15) is 0 Å². The molecule has 0 saturated carbocycles. The summed E-state index contributed by atoms with van der Waals surface area (Å²) in [6, 6.07) is 19.6. The Labute approximate surface area is 181 Å². The van der Waals surface area contributed by atoms with E-state index >= 15 is 0 Å². The minimum Gasteiger partial charge on any atom is -0.464 e. The van der Waals surface area contributed by atoms with Gasteiger partial charge in [0, 0.05) is 31.1 Å². The molecule has 1 saturated heterocycles. The van der Waals surface area contributed by atoms with E-state index in [1.54, 1.807) is 0 Å². The highest BCUT2D eigenvalue weighted by Gasteiger charge is 2.24. The molecular weight excluding hydrogens is 386 g/mol. The number of benzene rings is 3. The van der Waals surface area contributed by atoms with E-state index in [1.807, 2.05) is 30.3 Å². The van der Waals surface area contributed by atoms with E-state index in [4.69, 9.17) is 4.42 Å². The van der Waals surface area contributed by atoms with Gasteiger partial charge in [-0.15, -0.1) is 0 Å². The first-order chi connectivity index (χ1) is 15.1. The minimum absolute atomic E-state index is 0.0722. The van der Waals surface area contributed by atoms with Gasteiger partial charge in [-0.05, 0) is 60.3 Å². The first-order valence-corrected chi connectivity index (χ1v) is 10.8. The van der Waals surface area contributed by atoms with E-state index in [-0.39, 0.29) is 11.2 Å². The maximum absolute atomic E-state index is 12.9. The van der Waals surface area contributed by atoms with E-state index in [0.29, 0.717) is 28.9 Å². The van der Waals surface area contributed by atoms with Gasteiger partial charge in [0.25, 0.3) is 0 Å². The monoisotopic (exact) mass is 411 g/mol. The fourth-order valence-corrected chi connectivity index (χ4v) is 4.55. The van der Waals surface area contributed by atoms with Gasteiger partial charge in [0.15, 0.2) is 11.2 Å². The molecule has 4 heteroatoms. The number of ketones is 1. The highest BCUT2D eigenvalue weighted by molar-refractivity contribution is 6.02. The molecule has 0 spiro atoms. The lowest BCUT2D eigenvalue weighted by Crippen LogP contribution is -2.23. The van der Waals surface area contributed by atoms with Crippen LogP contribution in [0.5, 0.6) is 0 Å². The van der Waals surface area contributed by atoms with Gasteiger partial charge >= 0.3 is 0 Å². The van der Waals surface area contributed by atoms with Gasteiger partial charge in [0.05, 0.1) is 11.6 Å². The van der Waals surface area contributed by atoms with Gasteiger partial charge in [-0.3, -0.25) is 9.59 Å². The van der Waals surface area contributed by atoms with E-state index in [0.717, 1.165) is 36.8 Å². The van der Waals surface area contributed by atoms with Crippen LogP contribution < -0.4 is 5.43 Å². The molecule has 1 aromatic heterocycles. The molecule has 4 aromatic rings. The first kappa shape index (κ1) is 19.7. The Kier molecular flexibility index (Phi) is 5.16. The molecule has 0 radical (unpaired) electrons. The van der Waals surface area contributed by atoms with Crippen LogP contribution in [-0.4, -0.2) is 30.3 Å². The predicted octanol–water partition coefficient (Wildman–Crippen LogP) is 5.32. The van der Waals surface area contributed by atoms with E-state index in [9.17, 15) is 9.59 Å². The Bertz CT molecular complexity index is 1320.